The summed E-state index contributed by atoms with van der Waals surface area (Å²) in [5.74, 6) is -0.196. The Balaban J connectivity index is 1.48. The van der Waals surface area contributed by atoms with E-state index in [1.807, 2.05) is 11.4 Å². The Kier molecular flexibility index (Phi) is 8.05. The first-order valence-corrected chi connectivity index (χ1v) is 12.1. The van der Waals surface area contributed by atoms with E-state index in [0.29, 0.717) is 24.8 Å². The minimum atomic E-state index is -3.67. The molecule has 2 N–H and O–H groups in total. The number of benzene rings is 1. The largest absolute Gasteiger partial charge is 0.379 e. The average Bonchev–Trinajstić information content (AvgIpc) is 3.24. The number of ether oxygens (including phenoxy) is 1. The molecular formula is C19H24ClN3O4S2. The molecule has 1 aliphatic rings. The summed E-state index contributed by atoms with van der Waals surface area (Å²) >= 11 is 7.44. The second kappa shape index (κ2) is 10.5. The molecule has 1 atom stereocenters. The van der Waals surface area contributed by atoms with Crippen molar-refractivity contribution in [2.75, 3.05) is 39.4 Å². The minimum absolute atomic E-state index is 0.0258. The Morgan fingerprint density at radius 1 is 1.21 bits per heavy atom. The molecule has 0 bridgehead atoms. The number of hydrogen-bond donors (Lipinski definition) is 2. The third-order valence-corrected chi connectivity index (χ3v) is 7.32. The molecule has 10 heteroatoms. The molecule has 0 radical (unpaired) electrons. The van der Waals surface area contributed by atoms with E-state index in [-0.39, 0.29) is 29.8 Å². The maximum Gasteiger partial charge on any atom is 0.240 e. The molecule has 1 aromatic heterocycles. The summed E-state index contributed by atoms with van der Waals surface area (Å²) < 4.78 is 32.4. The van der Waals surface area contributed by atoms with Crippen molar-refractivity contribution in [3.05, 3.63) is 51.7 Å². The second-order valence-electron chi connectivity index (χ2n) is 6.59. The van der Waals surface area contributed by atoms with Gasteiger partial charge in [0.1, 0.15) is 0 Å². The molecule has 0 saturated carbocycles. The zero-order valence-electron chi connectivity index (χ0n) is 15.8. The number of nitrogens with one attached hydrogen (secondary N) is 2. The number of rotatable bonds is 9. The molecular weight excluding hydrogens is 434 g/mol. The van der Waals surface area contributed by atoms with Crippen LogP contribution in [0.2, 0.25) is 5.02 Å². The molecule has 1 unspecified atom stereocenters. The highest BCUT2D eigenvalue weighted by atomic mass is 35.5. The van der Waals surface area contributed by atoms with Gasteiger partial charge in [-0.1, -0.05) is 17.7 Å². The van der Waals surface area contributed by atoms with E-state index in [2.05, 4.69) is 21.0 Å². The molecule has 2 heterocycles. The van der Waals surface area contributed by atoms with Crippen LogP contribution in [0.4, 0.5) is 0 Å². The zero-order valence-corrected chi connectivity index (χ0v) is 18.2. The van der Waals surface area contributed by atoms with Crippen LogP contribution in [0.15, 0.2) is 46.7 Å². The van der Waals surface area contributed by atoms with Crippen molar-refractivity contribution in [1.82, 2.24) is 14.9 Å². The predicted molar refractivity (Wildman–Crippen MR) is 114 cm³/mol. The lowest BCUT2D eigenvalue weighted by Crippen LogP contribution is -2.43. The van der Waals surface area contributed by atoms with Crippen molar-refractivity contribution in [3.63, 3.8) is 0 Å². The molecule has 1 aromatic carbocycles. The number of halogens is 1. The number of amides is 1. The van der Waals surface area contributed by atoms with Crippen LogP contribution in [-0.4, -0.2) is 58.6 Å². The highest BCUT2D eigenvalue weighted by Crippen LogP contribution is 2.25. The van der Waals surface area contributed by atoms with Crippen molar-refractivity contribution in [3.8, 4) is 0 Å². The minimum Gasteiger partial charge on any atom is -0.379 e. The van der Waals surface area contributed by atoms with Gasteiger partial charge in [-0.15, -0.1) is 11.3 Å². The van der Waals surface area contributed by atoms with Crippen molar-refractivity contribution in [1.29, 1.82) is 0 Å². The molecule has 0 aliphatic carbocycles. The molecule has 3 rings (SSSR count). The highest BCUT2D eigenvalue weighted by molar-refractivity contribution is 7.89. The fraction of sp³-hybridized carbons (Fsp3) is 0.421. The molecule has 29 heavy (non-hydrogen) atoms. The van der Waals surface area contributed by atoms with Gasteiger partial charge in [-0.25, -0.2) is 13.1 Å². The van der Waals surface area contributed by atoms with E-state index in [1.165, 1.54) is 29.1 Å². The molecule has 7 nitrogen and oxygen atoms in total. The van der Waals surface area contributed by atoms with E-state index in [1.54, 1.807) is 11.3 Å². The maximum atomic E-state index is 12.3. The number of carbonyl (C=O) groups excluding carboxylic acids is 1. The number of hydrogen-bond acceptors (Lipinski definition) is 6. The lowest BCUT2D eigenvalue weighted by Gasteiger charge is -2.34. The number of thiophene rings is 1. The summed E-state index contributed by atoms with van der Waals surface area (Å²) in [5, 5.41) is 5.42. The van der Waals surface area contributed by atoms with Gasteiger partial charge in [0.25, 0.3) is 0 Å². The van der Waals surface area contributed by atoms with Crippen LogP contribution in [0.1, 0.15) is 17.3 Å². The smallest absolute Gasteiger partial charge is 0.240 e. The Hall–Kier alpha value is -1.49. The quantitative estimate of drug-likeness (QED) is 0.603. The van der Waals surface area contributed by atoms with Gasteiger partial charge in [-0.05, 0) is 35.7 Å². The van der Waals surface area contributed by atoms with E-state index in [4.69, 9.17) is 16.3 Å². The fourth-order valence-corrected chi connectivity index (χ4v) is 5.09. The van der Waals surface area contributed by atoms with Gasteiger partial charge < -0.3 is 10.1 Å². The Morgan fingerprint density at radius 3 is 2.59 bits per heavy atom. The lowest BCUT2D eigenvalue weighted by atomic mass is 10.2. The summed E-state index contributed by atoms with van der Waals surface area (Å²) in [6, 6.07) is 10.0. The van der Waals surface area contributed by atoms with Gasteiger partial charge in [-0.2, -0.15) is 0 Å². The first kappa shape index (κ1) is 22.2. The van der Waals surface area contributed by atoms with Crippen molar-refractivity contribution in [2.45, 2.75) is 17.4 Å². The maximum absolute atomic E-state index is 12.3. The Morgan fingerprint density at radius 2 is 1.93 bits per heavy atom. The van der Waals surface area contributed by atoms with Gasteiger partial charge >= 0.3 is 0 Å². The standard InChI is InChI=1S/C19H24ClN3O4S2/c20-15-3-5-16(6-4-15)29(25,26)22-8-7-19(24)21-14-17(18-2-1-13-28-18)23-9-11-27-12-10-23/h1-6,13,17,22H,7-12,14H2,(H,21,24). The highest BCUT2D eigenvalue weighted by Gasteiger charge is 2.24. The van der Waals surface area contributed by atoms with Gasteiger partial charge in [0, 0.05) is 42.5 Å². The SMILES string of the molecule is O=C(CCNS(=O)(=O)c1ccc(Cl)cc1)NCC(c1cccs1)N1CCOCC1. The van der Waals surface area contributed by atoms with E-state index in [9.17, 15) is 13.2 Å². The summed E-state index contributed by atoms with van der Waals surface area (Å²) in [4.78, 5) is 15.9. The van der Waals surface area contributed by atoms with Gasteiger partial charge in [0.2, 0.25) is 15.9 Å². The van der Waals surface area contributed by atoms with Gasteiger partial charge in [0.05, 0.1) is 24.2 Å². The topological polar surface area (TPSA) is 87.7 Å². The van der Waals surface area contributed by atoms with Crippen molar-refractivity contribution in [2.24, 2.45) is 0 Å². The first-order chi connectivity index (χ1) is 14.0. The first-order valence-electron chi connectivity index (χ1n) is 9.33. The summed E-state index contributed by atoms with van der Waals surface area (Å²) in [7, 11) is -3.67. The number of morpholine rings is 1. The van der Waals surface area contributed by atoms with Crippen LogP contribution < -0.4 is 10.0 Å². The number of sulfonamides is 1. The van der Waals surface area contributed by atoms with E-state index in [0.717, 1.165) is 13.1 Å². The third-order valence-electron chi connectivity index (χ3n) is 4.62. The zero-order chi connectivity index (χ0) is 20.7. The molecule has 1 fully saturated rings. The van der Waals surface area contributed by atoms with Crippen LogP contribution in [-0.2, 0) is 19.6 Å². The monoisotopic (exact) mass is 457 g/mol. The fourth-order valence-electron chi connectivity index (χ4n) is 3.07. The molecule has 1 aliphatic heterocycles. The summed E-state index contributed by atoms with van der Waals surface area (Å²) in [6.45, 7) is 3.50. The number of nitrogens with zero attached hydrogens (tertiary/aromatic N) is 1. The van der Waals surface area contributed by atoms with E-state index < -0.39 is 10.0 Å². The van der Waals surface area contributed by atoms with E-state index >= 15 is 0 Å². The van der Waals surface area contributed by atoms with Crippen LogP contribution in [0, 0.1) is 0 Å². The molecule has 1 amide bonds. The summed E-state index contributed by atoms with van der Waals surface area (Å²) in [5.41, 5.74) is 0. The average molecular weight is 458 g/mol. The summed E-state index contributed by atoms with van der Waals surface area (Å²) in [6.07, 6.45) is 0.0626. The normalized spacial score (nSPS) is 16.4. The number of carbonyl (C=O) groups is 1. The van der Waals surface area contributed by atoms with Crippen LogP contribution in [0.5, 0.6) is 0 Å². The van der Waals surface area contributed by atoms with Crippen molar-refractivity contribution >= 4 is 38.9 Å². The molecule has 2 aromatic rings. The lowest BCUT2D eigenvalue weighted by molar-refractivity contribution is -0.121. The molecule has 1 saturated heterocycles. The third kappa shape index (κ3) is 6.50. The Labute approximate surface area is 180 Å². The van der Waals surface area contributed by atoms with Gasteiger partial charge in [0.15, 0.2) is 0 Å². The predicted octanol–water partition coefficient (Wildman–Crippen LogP) is 2.26. The Bertz CT molecular complexity index is 883. The molecule has 158 valence electrons. The molecule has 0 spiro atoms. The van der Waals surface area contributed by atoms with Crippen LogP contribution >= 0.6 is 22.9 Å². The van der Waals surface area contributed by atoms with Gasteiger partial charge in [-0.3, -0.25) is 9.69 Å². The second-order valence-corrected chi connectivity index (χ2v) is 9.77. The van der Waals surface area contributed by atoms with Crippen molar-refractivity contribution < 1.29 is 17.9 Å². The van der Waals surface area contributed by atoms with Crippen LogP contribution in [0.25, 0.3) is 0 Å². The van der Waals surface area contributed by atoms with Crippen LogP contribution in [0.3, 0.4) is 0 Å².